The molecule has 5 aromatic rings. The van der Waals surface area contributed by atoms with E-state index in [0.717, 1.165) is 40.1 Å². The van der Waals surface area contributed by atoms with E-state index in [1.807, 2.05) is 55.5 Å². The Morgan fingerprint density at radius 3 is 2.37 bits per heavy atom. The third kappa shape index (κ3) is 13.3. The number of carbonyl (C=O) groups is 6. The maximum atomic E-state index is 13.9. The van der Waals surface area contributed by atoms with Crippen molar-refractivity contribution in [2.24, 2.45) is 5.41 Å². The molecular formula is C51H60N8O11S. The van der Waals surface area contributed by atoms with Crippen LogP contribution in [0.4, 0.5) is 0 Å². The number of hydrogen-bond donors (Lipinski definition) is 6. The minimum absolute atomic E-state index is 0.0214. The van der Waals surface area contributed by atoms with E-state index < -0.39 is 59.7 Å². The van der Waals surface area contributed by atoms with Crippen LogP contribution in [0.15, 0.2) is 82.8 Å². The Balaban J connectivity index is 0.779. The highest BCUT2D eigenvalue weighted by atomic mass is 32.1. The standard InChI is InChI=1S/C51H60N8O11S/c1-30-45(71-29-54-30)33-12-10-31(11-13-33)25-53-48(65)40-23-35(60)26-59(40)50(67)46(51(2,3)4)56-44(63)28-69-21-20-68-27-43(62)52-18-19-58(5)49(66)37-16-14-34(22-41(37)61)42-24-39(57-70-42)47(64)55-38-17-15-32-8-6-7-9-36(32)38/h6-14,16,22,24,29,35,38,40,46,60-61H,15,17-21,23,25-28H2,1-5H3,(H,52,62)(H,53,65)(H,55,64)(H,56,63)/t35-,38-,40+,46?/m1/s1. The number of aromatic nitrogens is 2. The fraction of sp³-hybridized carbons (Fsp3) is 0.412. The summed E-state index contributed by atoms with van der Waals surface area (Å²) in [5.41, 5.74) is 6.67. The van der Waals surface area contributed by atoms with Gasteiger partial charge in [0.2, 0.25) is 23.6 Å². The molecule has 1 aliphatic heterocycles. The van der Waals surface area contributed by atoms with Crippen LogP contribution in [0.3, 0.4) is 0 Å². The first-order valence-corrected chi connectivity index (χ1v) is 24.3. The van der Waals surface area contributed by atoms with Crippen LogP contribution in [0.2, 0.25) is 0 Å². The van der Waals surface area contributed by atoms with Crippen molar-refractivity contribution >= 4 is 46.8 Å². The quantitative estimate of drug-likeness (QED) is 0.0606. The molecule has 19 nitrogen and oxygen atoms in total. The molecule has 376 valence electrons. The van der Waals surface area contributed by atoms with Crippen molar-refractivity contribution < 1.29 is 53.0 Å². The number of phenols is 1. The normalized spacial score (nSPS) is 16.8. The number of aliphatic hydroxyl groups excluding tert-OH is 1. The largest absolute Gasteiger partial charge is 0.507 e. The van der Waals surface area contributed by atoms with Crippen LogP contribution in [0.5, 0.6) is 5.75 Å². The lowest BCUT2D eigenvalue weighted by Crippen LogP contribution is -2.58. The lowest BCUT2D eigenvalue weighted by Gasteiger charge is -2.35. The summed E-state index contributed by atoms with van der Waals surface area (Å²) in [5.74, 6) is -2.89. The second-order valence-corrected chi connectivity index (χ2v) is 19.6. The van der Waals surface area contributed by atoms with Gasteiger partial charge in [-0.25, -0.2) is 4.98 Å². The van der Waals surface area contributed by atoms with E-state index in [4.69, 9.17) is 14.0 Å². The van der Waals surface area contributed by atoms with Crippen molar-refractivity contribution in [2.75, 3.05) is 53.1 Å². The number of nitrogens with zero attached hydrogens (tertiary/aromatic N) is 4. The smallest absolute Gasteiger partial charge is 0.273 e. The first-order chi connectivity index (χ1) is 34.0. The zero-order valence-electron chi connectivity index (χ0n) is 40.4. The molecule has 1 fully saturated rings. The van der Waals surface area contributed by atoms with Gasteiger partial charge in [-0.2, -0.15) is 0 Å². The van der Waals surface area contributed by atoms with E-state index in [9.17, 15) is 39.0 Å². The number of thiazole rings is 1. The van der Waals surface area contributed by atoms with Crippen LogP contribution in [-0.4, -0.2) is 137 Å². The van der Waals surface area contributed by atoms with Crippen LogP contribution >= 0.6 is 11.3 Å². The molecule has 0 bridgehead atoms. The first-order valence-electron chi connectivity index (χ1n) is 23.4. The number of fused-ring (bicyclic) bond motifs is 1. The zero-order chi connectivity index (χ0) is 50.8. The van der Waals surface area contributed by atoms with Crippen molar-refractivity contribution in [3.05, 3.63) is 112 Å². The van der Waals surface area contributed by atoms with Crippen molar-refractivity contribution in [1.82, 2.24) is 41.2 Å². The maximum Gasteiger partial charge on any atom is 0.273 e. The van der Waals surface area contributed by atoms with E-state index in [1.165, 1.54) is 40.6 Å². The molecule has 6 N–H and O–H groups in total. The van der Waals surface area contributed by atoms with Crippen molar-refractivity contribution in [3.8, 4) is 27.5 Å². The predicted octanol–water partition coefficient (Wildman–Crippen LogP) is 3.93. The molecule has 1 aliphatic carbocycles. The summed E-state index contributed by atoms with van der Waals surface area (Å²) < 4.78 is 16.2. The molecule has 3 heterocycles. The average Bonchev–Trinajstić information content (AvgIpc) is 4.18. The number of likely N-dealkylation sites (N-methyl/N-ethyl adjacent to an activating group) is 1. The molecule has 0 saturated carbocycles. The van der Waals surface area contributed by atoms with Gasteiger partial charge in [0, 0.05) is 51.3 Å². The van der Waals surface area contributed by atoms with Gasteiger partial charge in [0.15, 0.2) is 11.5 Å². The number of ether oxygens (including phenoxy) is 2. The molecule has 7 rings (SSSR count). The molecule has 71 heavy (non-hydrogen) atoms. The predicted molar refractivity (Wildman–Crippen MR) is 262 cm³/mol. The number of carbonyl (C=O) groups excluding carboxylic acids is 6. The number of phenolic OH excluding ortho intramolecular Hbond substituents is 1. The van der Waals surface area contributed by atoms with Crippen LogP contribution in [0.1, 0.15) is 82.9 Å². The van der Waals surface area contributed by atoms with E-state index in [-0.39, 0.29) is 87.1 Å². The SMILES string of the molecule is Cc1ncsc1-c1ccc(CNC(=O)[C@@H]2C[C@@H](O)CN2C(=O)C(NC(=O)COCCOCC(=O)NCCN(C)C(=O)c2ccc(-c3cc(C(=O)N[C@@H]4CCc5ccccc54)no3)cc2O)C(C)(C)C)cc1. The van der Waals surface area contributed by atoms with Crippen LogP contribution in [0, 0.1) is 12.3 Å². The second-order valence-electron chi connectivity index (χ2n) is 18.7. The van der Waals surface area contributed by atoms with Crippen molar-refractivity contribution in [2.45, 2.75) is 77.7 Å². The van der Waals surface area contributed by atoms with E-state index >= 15 is 0 Å². The summed E-state index contributed by atoms with van der Waals surface area (Å²) in [7, 11) is 1.52. The molecule has 4 atom stereocenters. The molecule has 1 unspecified atom stereocenters. The second kappa shape index (κ2) is 23.3. The summed E-state index contributed by atoms with van der Waals surface area (Å²) in [4.78, 5) is 87.0. The fourth-order valence-corrected chi connectivity index (χ4v) is 9.29. The topological polar surface area (TPSA) is 255 Å². The average molecular weight is 993 g/mol. The van der Waals surface area contributed by atoms with Gasteiger partial charge < -0.3 is 55.3 Å². The summed E-state index contributed by atoms with van der Waals surface area (Å²) in [6, 6.07) is 19.5. The molecule has 6 amide bonds. The number of β-amino-alcohol motifs (C(OH)–C–C–N with tert-alkyl or cyclic N) is 1. The Labute approximate surface area is 415 Å². The van der Waals surface area contributed by atoms with Gasteiger partial charge in [-0.1, -0.05) is 80.5 Å². The number of benzene rings is 3. The molecule has 2 aliphatic rings. The number of rotatable bonds is 20. The van der Waals surface area contributed by atoms with E-state index in [1.54, 1.807) is 43.7 Å². The molecular weight excluding hydrogens is 933 g/mol. The van der Waals surface area contributed by atoms with Crippen LogP contribution in [-0.2, 0) is 41.6 Å². The maximum absolute atomic E-state index is 13.9. The van der Waals surface area contributed by atoms with E-state index in [2.05, 4.69) is 31.4 Å². The Morgan fingerprint density at radius 1 is 0.944 bits per heavy atom. The van der Waals surface area contributed by atoms with Crippen LogP contribution in [0.25, 0.3) is 21.8 Å². The molecule has 3 aromatic carbocycles. The van der Waals surface area contributed by atoms with Gasteiger partial charge >= 0.3 is 0 Å². The van der Waals surface area contributed by atoms with Gasteiger partial charge in [-0.05, 0) is 59.6 Å². The van der Waals surface area contributed by atoms with Gasteiger partial charge in [0.25, 0.3) is 11.8 Å². The summed E-state index contributed by atoms with van der Waals surface area (Å²) in [5, 5.41) is 36.5. The highest BCUT2D eigenvalue weighted by molar-refractivity contribution is 7.13. The van der Waals surface area contributed by atoms with Crippen LogP contribution < -0.4 is 21.3 Å². The third-order valence-electron chi connectivity index (χ3n) is 12.4. The minimum Gasteiger partial charge on any atom is -0.507 e. The molecule has 1 saturated heterocycles. The molecule has 0 radical (unpaired) electrons. The Hall–Kier alpha value is -7.00. The highest BCUT2D eigenvalue weighted by Crippen LogP contribution is 2.33. The monoisotopic (exact) mass is 992 g/mol. The van der Waals surface area contributed by atoms with Crippen molar-refractivity contribution in [1.29, 1.82) is 0 Å². The van der Waals surface area contributed by atoms with Gasteiger partial charge in [0.05, 0.1) is 47.0 Å². The molecule has 2 aromatic heterocycles. The number of aromatic hydroxyl groups is 1. The lowest BCUT2D eigenvalue weighted by molar-refractivity contribution is -0.144. The summed E-state index contributed by atoms with van der Waals surface area (Å²) in [6.45, 7) is 6.89. The zero-order valence-corrected chi connectivity index (χ0v) is 41.2. The van der Waals surface area contributed by atoms with E-state index in [0.29, 0.717) is 5.56 Å². The number of hydrogen-bond acceptors (Lipinski definition) is 14. The minimum atomic E-state index is -1.04. The fourth-order valence-electron chi connectivity index (χ4n) is 8.48. The van der Waals surface area contributed by atoms with Gasteiger partial charge in [0.1, 0.15) is 31.0 Å². The van der Waals surface area contributed by atoms with Gasteiger partial charge in [-0.15, -0.1) is 11.3 Å². The Morgan fingerprint density at radius 2 is 1.66 bits per heavy atom. The molecule has 0 spiro atoms. The van der Waals surface area contributed by atoms with Gasteiger partial charge in [-0.3, -0.25) is 28.8 Å². The lowest BCUT2D eigenvalue weighted by atomic mass is 9.85. The molecule has 20 heteroatoms. The Bertz CT molecular complexity index is 2720. The number of nitrogens with one attached hydrogen (secondary N) is 4. The number of aliphatic hydroxyl groups is 1. The Kier molecular flexibility index (Phi) is 17.0. The summed E-state index contributed by atoms with van der Waals surface area (Å²) >= 11 is 1.55. The number of likely N-dealkylation sites (tertiary alicyclic amines) is 1. The third-order valence-corrected chi connectivity index (χ3v) is 13.3. The summed E-state index contributed by atoms with van der Waals surface area (Å²) in [6.07, 6.45) is 0.804. The number of amides is 6. The first kappa shape index (κ1) is 51.8. The highest BCUT2D eigenvalue weighted by Gasteiger charge is 2.44. The van der Waals surface area contributed by atoms with Crippen molar-refractivity contribution in [3.63, 3.8) is 0 Å². The number of aryl methyl sites for hydroxylation is 2.